The van der Waals surface area contributed by atoms with Crippen molar-refractivity contribution in [2.75, 3.05) is 40.5 Å². The summed E-state index contributed by atoms with van der Waals surface area (Å²) in [5, 5.41) is 1.20. The Morgan fingerprint density at radius 3 is 2.36 bits per heavy atom. The maximum Gasteiger partial charge on any atom is 0.151 e. The number of nitrogens with zero attached hydrogens (tertiary/aromatic N) is 1. The van der Waals surface area contributed by atoms with Crippen LogP contribution in [0.2, 0.25) is 0 Å². The van der Waals surface area contributed by atoms with Crippen LogP contribution in [-0.4, -0.2) is 45.4 Å². The molecule has 1 saturated heterocycles. The predicted octanol–water partition coefficient (Wildman–Crippen LogP) is 6.93. The molecular formula is C30H31NO4S. The Labute approximate surface area is 216 Å². The van der Waals surface area contributed by atoms with Crippen molar-refractivity contribution in [3.05, 3.63) is 71.8 Å². The first kappa shape index (κ1) is 23.2. The molecule has 3 aromatic carbocycles. The normalized spacial score (nSPS) is 17.2. The second-order valence-corrected chi connectivity index (χ2v) is 10.4. The van der Waals surface area contributed by atoms with E-state index in [0.717, 1.165) is 40.7 Å². The molecule has 4 aromatic rings. The number of piperidine rings is 1. The molecule has 0 saturated carbocycles. The van der Waals surface area contributed by atoms with Gasteiger partial charge in [0.25, 0.3) is 0 Å². The van der Waals surface area contributed by atoms with Crippen molar-refractivity contribution in [1.82, 2.24) is 4.90 Å². The smallest absolute Gasteiger partial charge is 0.151 e. The zero-order valence-electron chi connectivity index (χ0n) is 20.8. The van der Waals surface area contributed by atoms with E-state index in [-0.39, 0.29) is 6.10 Å². The molecule has 186 valence electrons. The molecule has 0 amide bonds. The van der Waals surface area contributed by atoms with Gasteiger partial charge in [-0.15, -0.1) is 11.3 Å². The quantitative estimate of drug-likeness (QED) is 0.275. The molecule has 0 radical (unpaired) electrons. The third-order valence-corrected chi connectivity index (χ3v) is 8.39. The van der Waals surface area contributed by atoms with E-state index in [9.17, 15) is 0 Å². The van der Waals surface area contributed by atoms with E-state index in [1.807, 2.05) is 18.2 Å². The number of benzene rings is 3. The zero-order valence-corrected chi connectivity index (χ0v) is 21.6. The van der Waals surface area contributed by atoms with Gasteiger partial charge in [-0.25, -0.2) is 0 Å². The Hall–Kier alpha value is -3.22. The van der Waals surface area contributed by atoms with Crippen LogP contribution in [0, 0.1) is 0 Å². The molecule has 1 aromatic heterocycles. The first-order valence-corrected chi connectivity index (χ1v) is 13.5. The second kappa shape index (κ2) is 10.0. The van der Waals surface area contributed by atoms with Gasteiger partial charge in [0.1, 0.15) is 29.6 Å². The highest BCUT2D eigenvalue weighted by Gasteiger charge is 2.32. The first-order valence-electron chi connectivity index (χ1n) is 12.6. The van der Waals surface area contributed by atoms with Crippen molar-refractivity contribution in [3.8, 4) is 33.4 Å². The van der Waals surface area contributed by atoms with Crippen molar-refractivity contribution < 1.29 is 18.9 Å². The van der Waals surface area contributed by atoms with Crippen molar-refractivity contribution in [3.63, 3.8) is 0 Å². The van der Waals surface area contributed by atoms with E-state index in [1.54, 1.807) is 25.6 Å². The summed E-state index contributed by atoms with van der Waals surface area (Å²) in [5.74, 6) is 3.39. The zero-order chi connectivity index (χ0) is 24.5. The van der Waals surface area contributed by atoms with Gasteiger partial charge in [0.05, 0.1) is 14.2 Å². The van der Waals surface area contributed by atoms with Crippen LogP contribution >= 0.6 is 11.3 Å². The largest absolute Gasteiger partial charge is 0.497 e. The van der Waals surface area contributed by atoms with E-state index in [1.165, 1.54) is 52.9 Å². The summed E-state index contributed by atoms with van der Waals surface area (Å²) in [4.78, 5) is 3.73. The molecule has 3 heterocycles. The number of fused-ring (bicyclic) bond motifs is 5. The summed E-state index contributed by atoms with van der Waals surface area (Å²) < 4.78 is 24.9. The van der Waals surface area contributed by atoms with Crippen LogP contribution in [-0.2, 0) is 0 Å². The highest BCUT2D eigenvalue weighted by molar-refractivity contribution is 7.22. The van der Waals surface area contributed by atoms with Gasteiger partial charge in [-0.3, -0.25) is 4.90 Å². The lowest BCUT2D eigenvalue weighted by Gasteiger charge is -2.28. The summed E-state index contributed by atoms with van der Waals surface area (Å²) in [6, 6.07) is 20.7. The van der Waals surface area contributed by atoms with Crippen molar-refractivity contribution in [2.45, 2.75) is 25.4 Å². The Balaban J connectivity index is 1.30. The summed E-state index contributed by atoms with van der Waals surface area (Å²) in [7, 11) is 3.39. The predicted molar refractivity (Wildman–Crippen MR) is 145 cm³/mol. The van der Waals surface area contributed by atoms with Gasteiger partial charge < -0.3 is 18.9 Å². The van der Waals surface area contributed by atoms with Gasteiger partial charge in [-0.05, 0) is 74.0 Å². The SMILES string of the molecule is COc1ccc2c(c1)O[C@H](c1ccc(OCCN3CCCCC3)cc1)c1c-2sc2cc(OC)ccc12. The minimum Gasteiger partial charge on any atom is -0.497 e. The third-order valence-electron chi connectivity index (χ3n) is 7.18. The fourth-order valence-corrected chi connectivity index (χ4v) is 6.52. The number of hydrogen-bond donors (Lipinski definition) is 0. The molecule has 5 nitrogen and oxygen atoms in total. The molecule has 0 unspecified atom stereocenters. The third kappa shape index (κ3) is 4.40. The Kier molecular flexibility index (Phi) is 6.46. The molecule has 0 aliphatic carbocycles. The number of ether oxygens (including phenoxy) is 4. The van der Waals surface area contributed by atoms with Gasteiger partial charge in [0.2, 0.25) is 0 Å². The lowest BCUT2D eigenvalue weighted by molar-refractivity contribution is 0.183. The highest BCUT2D eigenvalue weighted by atomic mass is 32.1. The van der Waals surface area contributed by atoms with Crippen molar-refractivity contribution in [1.29, 1.82) is 0 Å². The van der Waals surface area contributed by atoms with E-state index in [4.69, 9.17) is 18.9 Å². The van der Waals surface area contributed by atoms with Crippen LogP contribution in [0.5, 0.6) is 23.0 Å². The molecule has 36 heavy (non-hydrogen) atoms. The van der Waals surface area contributed by atoms with Gasteiger partial charge in [-0.1, -0.05) is 18.6 Å². The van der Waals surface area contributed by atoms with Crippen LogP contribution in [0.4, 0.5) is 0 Å². The molecule has 6 rings (SSSR count). The number of rotatable bonds is 7. The van der Waals surface area contributed by atoms with Crippen LogP contribution in [0.15, 0.2) is 60.7 Å². The van der Waals surface area contributed by atoms with E-state index in [0.29, 0.717) is 6.61 Å². The monoisotopic (exact) mass is 501 g/mol. The standard InChI is InChI=1S/C30H31NO4S/c1-32-22-10-12-24-26(18-22)35-29(28-25-13-11-23(33-2)19-27(25)36-30(24)28)20-6-8-21(9-7-20)34-17-16-31-14-4-3-5-15-31/h6-13,18-19,29H,3-5,14-17H2,1-2H3/t29-/m1/s1. The molecule has 0 bridgehead atoms. The Morgan fingerprint density at radius 2 is 1.58 bits per heavy atom. The minimum atomic E-state index is -0.218. The number of methoxy groups -OCH3 is 2. The molecule has 1 atom stereocenters. The van der Waals surface area contributed by atoms with Crippen LogP contribution < -0.4 is 18.9 Å². The van der Waals surface area contributed by atoms with Crippen molar-refractivity contribution in [2.24, 2.45) is 0 Å². The molecule has 0 N–H and O–H groups in total. The summed E-state index contributed by atoms with van der Waals surface area (Å²) in [6.45, 7) is 4.08. The highest BCUT2D eigenvalue weighted by Crippen LogP contribution is 2.52. The topological polar surface area (TPSA) is 40.2 Å². The molecule has 6 heteroatoms. The van der Waals surface area contributed by atoms with Gasteiger partial charge in [0.15, 0.2) is 6.10 Å². The van der Waals surface area contributed by atoms with Gasteiger partial charge >= 0.3 is 0 Å². The first-order chi connectivity index (χ1) is 17.7. The number of thiophene rings is 1. The summed E-state index contributed by atoms with van der Waals surface area (Å²) >= 11 is 1.78. The fraction of sp³-hybridized carbons (Fsp3) is 0.333. The number of hydrogen-bond acceptors (Lipinski definition) is 6. The molecule has 1 fully saturated rings. The minimum absolute atomic E-state index is 0.218. The maximum absolute atomic E-state index is 6.66. The lowest BCUT2D eigenvalue weighted by Crippen LogP contribution is -2.33. The van der Waals surface area contributed by atoms with Crippen LogP contribution in [0.1, 0.15) is 36.5 Å². The maximum atomic E-state index is 6.66. The van der Waals surface area contributed by atoms with E-state index in [2.05, 4.69) is 47.4 Å². The average Bonchev–Trinajstić information content (AvgIpc) is 3.32. The van der Waals surface area contributed by atoms with E-state index < -0.39 is 0 Å². The molecule has 2 aliphatic heterocycles. The summed E-state index contributed by atoms with van der Waals surface area (Å²) in [6.07, 6.45) is 3.74. The van der Waals surface area contributed by atoms with Gasteiger partial charge in [0, 0.05) is 38.7 Å². The Morgan fingerprint density at radius 1 is 0.861 bits per heavy atom. The van der Waals surface area contributed by atoms with Crippen LogP contribution in [0.3, 0.4) is 0 Å². The summed E-state index contributed by atoms with van der Waals surface area (Å²) in [5.41, 5.74) is 3.40. The van der Waals surface area contributed by atoms with Crippen LogP contribution in [0.25, 0.3) is 20.5 Å². The van der Waals surface area contributed by atoms with Crippen molar-refractivity contribution >= 4 is 21.4 Å². The fourth-order valence-electron chi connectivity index (χ4n) is 5.23. The van der Waals surface area contributed by atoms with Gasteiger partial charge in [-0.2, -0.15) is 0 Å². The molecule has 2 aliphatic rings. The number of likely N-dealkylation sites (tertiary alicyclic amines) is 1. The molecule has 0 spiro atoms. The molecular weight excluding hydrogens is 470 g/mol. The Bertz CT molecular complexity index is 1360. The van der Waals surface area contributed by atoms with E-state index >= 15 is 0 Å². The lowest BCUT2D eigenvalue weighted by atomic mass is 9.93. The second-order valence-electron chi connectivity index (χ2n) is 9.39. The average molecular weight is 502 g/mol.